The Bertz CT molecular complexity index is 898. The van der Waals surface area contributed by atoms with Crippen LogP contribution in [0.1, 0.15) is 27.7 Å². The van der Waals surface area contributed by atoms with Gasteiger partial charge >= 0.3 is 0 Å². The van der Waals surface area contributed by atoms with E-state index in [4.69, 9.17) is 47.4 Å². The molecule has 18 nitrogen and oxygen atoms in total. The lowest BCUT2D eigenvalue weighted by atomic mass is 9.90. The average Bonchev–Trinajstić information content (AvgIpc) is 3.03. The van der Waals surface area contributed by atoms with Gasteiger partial charge in [0.2, 0.25) is 0 Å². The molecule has 3 fully saturated rings. The van der Waals surface area contributed by atoms with Gasteiger partial charge < -0.3 is 87.9 Å². The number of hydrogen-bond acceptors (Lipinski definition) is 18. The largest absolute Gasteiger partial charge is 0.391 e. The van der Waals surface area contributed by atoms with Gasteiger partial charge in [-0.2, -0.15) is 0 Å². The molecule has 0 aromatic rings. The van der Waals surface area contributed by atoms with Crippen LogP contribution in [0.15, 0.2) is 0 Å². The molecule has 3 heterocycles. The molecule has 0 spiro atoms. The van der Waals surface area contributed by atoms with Gasteiger partial charge in [0, 0.05) is 42.2 Å². The summed E-state index contributed by atoms with van der Waals surface area (Å²) >= 11 is 0. The molecule has 0 aromatic heterocycles. The minimum absolute atomic E-state index is 0.0465. The molecule has 0 radical (unpaired) electrons. The summed E-state index contributed by atoms with van der Waals surface area (Å²) in [4.78, 5) is 0. The van der Waals surface area contributed by atoms with E-state index in [1.165, 1.54) is 49.2 Å². The fourth-order valence-electron chi connectivity index (χ4n) is 6.01. The number of hydrogen-bond donors (Lipinski definition) is 7. The molecule has 0 bridgehead atoms. The second kappa shape index (κ2) is 19.8. The van der Waals surface area contributed by atoms with Crippen molar-refractivity contribution in [2.75, 3.05) is 68.6 Å². The number of ether oxygens (including phenoxy) is 11. The van der Waals surface area contributed by atoms with Crippen molar-refractivity contribution >= 4 is 0 Å². The first-order chi connectivity index (χ1) is 22.6. The molecule has 0 aliphatic carbocycles. The SMILES string of the molecule is CCOC.COCC1O[C@@H](O)C(O)C(O)[C@@H]1O[C@]1(C)OC(COC)[C@@H](O[C@]2(C)O[C@@H](COCC(C)O)[C@@H](O)C(O)C2OC)C(O)[C@@H]1OC. The highest BCUT2D eigenvalue weighted by atomic mass is 16.8. The zero-order chi connectivity index (χ0) is 36.4. The molecule has 3 aliphatic heterocycles. The maximum absolute atomic E-state index is 11.7. The van der Waals surface area contributed by atoms with Crippen LogP contribution in [0.2, 0.25) is 0 Å². The van der Waals surface area contributed by atoms with Crippen LogP contribution in [-0.4, -0.2) is 202 Å². The van der Waals surface area contributed by atoms with Gasteiger partial charge in [0.05, 0.1) is 32.5 Å². The molecule has 286 valence electrons. The second-order valence-corrected chi connectivity index (χ2v) is 12.2. The third-order valence-electron chi connectivity index (χ3n) is 8.36. The van der Waals surface area contributed by atoms with Gasteiger partial charge in [0.1, 0.15) is 73.2 Å². The Hall–Kier alpha value is -0.720. The Labute approximate surface area is 281 Å². The van der Waals surface area contributed by atoms with Crippen molar-refractivity contribution in [1.29, 1.82) is 0 Å². The molecule has 18 heteroatoms. The van der Waals surface area contributed by atoms with Crippen molar-refractivity contribution in [3.05, 3.63) is 0 Å². The van der Waals surface area contributed by atoms with E-state index in [2.05, 4.69) is 4.74 Å². The van der Waals surface area contributed by atoms with Crippen molar-refractivity contribution < 1.29 is 87.9 Å². The van der Waals surface area contributed by atoms with Crippen LogP contribution in [0.3, 0.4) is 0 Å². The van der Waals surface area contributed by atoms with E-state index < -0.39 is 97.2 Å². The third kappa shape index (κ3) is 10.4. The Morgan fingerprint density at radius 2 is 1.10 bits per heavy atom. The van der Waals surface area contributed by atoms with Gasteiger partial charge in [-0.3, -0.25) is 0 Å². The highest BCUT2D eigenvalue weighted by molar-refractivity contribution is 5.03. The molecule has 3 aliphatic rings. The lowest BCUT2D eigenvalue weighted by molar-refractivity contribution is -0.429. The van der Waals surface area contributed by atoms with Crippen LogP contribution in [0.5, 0.6) is 0 Å². The summed E-state index contributed by atoms with van der Waals surface area (Å²) < 4.78 is 61.8. The highest BCUT2D eigenvalue weighted by Gasteiger charge is 2.61. The predicted molar refractivity (Wildman–Crippen MR) is 163 cm³/mol. The maximum Gasteiger partial charge on any atom is 0.195 e. The summed E-state index contributed by atoms with van der Waals surface area (Å²) in [5, 5.41) is 73.9. The molecule has 7 N–H and O–H groups in total. The Kier molecular flexibility index (Phi) is 17.9. The van der Waals surface area contributed by atoms with E-state index in [0.29, 0.717) is 0 Å². The topological polar surface area (TPSA) is 243 Å². The summed E-state index contributed by atoms with van der Waals surface area (Å²) in [5.74, 6) is -3.61. The van der Waals surface area contributed by atoms with E-state index in [1.54, 1.807) is 7.11 Å². The first-order valence-corrected chi connectivity index (χ1v) is 15.8. The number of methoxy groups -OCH3 is 5. The van der Waals surface area contributed by atoms with Crippen molar-refractivity contribution in [2.24, 2.45) is 0 Å². The van der Waals surface area contributed by atoms with Gasteiger partial charge in [-0.15, -0.1) is 0 Å². The quantitative estimate of drug-likeness (QED) is 0.0891. The van der Waals surface area contributed by atoms with Crippen molar-refractivity contribution in [3.63, 3.8) is 0 Å². The van der Waals surface area contributed by atoms with Crippen molar-refractivity contribution in [2.45, 2.75) is 125 Å². The summed E-state index contributed by atoms with van der Waals surface area (Å²) in [6.07, 6.45) is -18.7. The van der Waals surface area contributed by atoms with Crippen LogP contribution < -0.4 is 0 Å². The van der Waals surface area contributed by atoms with Crippen LogP contribution in [-0.2, 0) is 52.1 Å². The monoisotopic (exact) mass is 706 g/mol. The molecular weight excluding hydrogens is 648 g/mol. The van der Waals surface area contributed by atoms with Crippen LogP contribution in [0.25, 0.3) is 0 Å². The summed E-state index contributed by atoms with van der Waals surface area (Å²) in [6.45, 7) is 6.68. The highest BCUT2D eigenvalue weighted by Crippen LogP contribution is 2.41. The molecule has 0 saturated carbocycles. The summed E-state index contributed by atoms with van der Waals surface area (Å²) in [7, 11) is 7.03. The number of rotatable bonds is 15. The molecule has 3 rings (SSSR count). The van der Waals surface area contributed by atoms with Gasteiger partial charge in [-0.05, 0) is 27.7 Å². The van der Waals surface area contributed by atoms with Crippen LogP contribution in [0, 0.1) is 0 Å². The Morgan fingerprint density at radius 1 is 0.625 bits per heavy atom. The van der Waals surface area contributed by atoms with E-state index >= 15 is 0 Å². The standard InChI is InChI=1S/C27H50O17.C3H8O/c1-12(28)8-39-11-13-16(29)18(31)23(37-6)26(2,41-13)44-22-15(10-36-5)42-27(3,24(38-7)20(22)33)43-21-14(9-35-4)40-25(34)19(32)17(21)30;1-3-4-2/h12-25,28-34H,8-11H2,1-7H3;3H2,1-2H3/t12?,13-,14?,15?,16+,17?,18?,19?,20?,21+,22+,23?,24-,25+,26-,27-;/m0./s1. The zero-order valence-corrected chi connectivity index (χ0v) is 29.2. The van der Waals surface area contributed by atoms with Gasteiger partial charge in [-0.1, -0.05) is 0 Å². The first kappa shape index (κ1) is 43.4. The molecule has 0 amide bonds. The third-order valence-corrected chi connectivity index (χ3v) is 8.36. The fourth-order valence-corrected chi connectivity index (χ4v) is 6.01. The van der Waals surface area contributed by atoms with Crippen molar-refractivity contribution in [3.8, 4) is 0 Å². The van der Waals surface area contributed by atoms with Gasteiger partial charge in [0.15, 0.2) is 17.9 Å². The smallest absolute Gasteiger partial charge is 0.195 e. The van der Waals surface area contributed by atoms with E-state index in [9.17, 15) is 35.7 Å². The van der Waals surface area contributed by atoms with Crippen molar-refractivity contribution in [1.82, 2.24) is 0 Å². The summed E-state index contributed by atoms with van der Waals surface area (Å²) in [5.41, 5.74) is 0. The molecule has 8 unspecified atom stereocenters. The Balaban J connectivity index is 0.00000189. The maximum atomic E-state index is 11.7. The lowest BCUT2D eigenvalue weighted by Crippen LogP contribution is -2.72. The molecule has 0 aromatic carbocycles. The normalized spacial score (nSPS) is 44.1. The Morgan fingerprint density at radius 3 is 1.58 bits per heavy atom. The van der Waals surface area contributed by atoms with E-state index in [1.807, 2.05) is 6.92 Å². The second-order valence-electron chi connectivity index (χ2n) is 12.2. The van der Waals surface area contributed by atoms with Crippen LogP contribution >= 0.6 is 0 Å². The molecule has 3 saturated heterocycles. The minimum atomic E-state index is -1.82. The van der Waals surface area contributed by atoms with Crippen LogP contribution in [0.4, 0.5) is 0 Å². The average molecular weight is 707 g/mol. The number of aliphatic hydroxyl groups is 7. The minimum Gasteiger partial charge on any atom is -0.391 e. The van der Waals surface area contributed by atoms with E-state index in [-0.39, 0.29) is 26.4 Å². The summed E-state index contributed by atoms with van der Waals surface area (Å²) in [6, 6.07) is 0. The fraction of sp³-hybridized carbons (Fsp3) is 1.00. The predicted octanol–water partition coefficient (Wildman–Crippen LogP) is -3.12. The van der Waals surface area contributed by atoms with Gasteiger partial charge in [-0.25, -0.2) is 0 Å². The molecule has 16 atom stereocenters. The molecule has 48 heavy (non-hydrogen) atoms. The van der Waals surface area contributed by atoms with E-state index in [0.717, 1.165) is 6.61 Å². The first-order valence-electron chi connectivity index (χ1n) is 15.8. The zero-order valence-electron chi connectivity index (χ0n) is 29.2. The lowest BCUT2D eigenvalue weighted by Gasteiger charge is -2.55. The van der Waals surface area contributed by atoms with Gasteiger partial charge in [0.25, 0.3) is 0 Å². The number of aliphatic hydroxyl groups excluding tert-OH is 7. The molecular formula is C30H58O18.